The first-order chi connectivity index (χ1) is 13.1. The van der Waals surface area contributed by atoms with E-state index in [-0.39, 0.29) is 11.2 Å². The van der Waals surface area contributed by atoms with Gasteiger partial charge in [-0.25, -0.2) is 0 Å². The normalized spacial score (nSPS) is 11.8. The fourth-order valence-electron chi connectivity index (χ4n) is 2.51. The van der Waals surface area contributed by atoms with Crippen molar-refractivity contribution in [3.63, 3.8) is 0 Å². The number of hydrogen-bond donors (Lipinski definition) is 1. The summed E-state index contributed by atoms with van der Waals surface area (Å²) in [5.74, 6) is 1.42. The van der Waals surface area contributed by atoms with Gasteiger partial charge < -0.3 is 14.6 Å². The van der Waals surface area contributed by atoms with E-state index in [1.54, 1.807) is 19.5 Å². The molecule has 1 amide bonds. The van der Waals surface area contributed by atoms with Gasteiger partial charge >= 0.3 is 0 Å². The molecule has 0 aliphatic carbocycles. The largest absolute Gasteiger partial charge is 0.497 e. The van der Waals surface area contributed by atoms with Gasteiger partial charge in [-0.05, 0) is 50.2 Å². The van der Waals surface area contributed by atoms with Crippen molar-refractivity contribution >= 4 is 23.4 Å². The van der Waals surface area contributed by atoms with Crippen LogP contribution < -0.4 is 10.1 Å². The Kier molecular flexibility index (Phi) is 6.08. The summed E-state index contributed by atoms with van der Waals surface area (Å²) in [6, 6.07) is 11.0. The molecule has 1 atom stereocenters. The van der Waals surface area contributed by atoms with E-state index < -0.39 is 0 Å². The third-order valence-corrected chi connectivity index (χ3v) is 5.06. The smallest absolute Gasteiger partial charge is 0.237 e. The van der Waals surface area contributed by atoms with Gasteiger partial charge in [0, 0.05) is 30.2 Å². The summed E-state index contributed by atoms with van der Waals surface area (Å²) in [7, 11) is 1.61. The van der Waals surface area contributed by atoms with Crippen LogP contribution in [0.3, 0.4) is 0 Å². The van der Waals surface area contributed by atoms with Crippen LogP contribution in [0.25, 0.3) is 11.4 Å². The number of anilines is 1. The Morgan fingerprint density at radius 2 is 1.89 bits per heavy atom. The Balaban J connectivity index is 1.70. The number of nitrogens with one attached hydrogen (secondary N) is 1. The average molecular weight is 383 g/mol. The lowest BCUT2D eigenvalue weighted by molar-refractivity contribution is -0.115. The molecule has 3 rings (SSSR count). The highest BCUT2D eigenvalue weighted by molar-refractivity contribution is 8.00. The molecule has 0 aliphatic heterocycles. The molecule has 0 saturated heterocycles. The lowest BCUT2D eigenvalue weighted by atomic mass is 10.2. The molecule has 2 aromatic heterocycles. The maximum absolute atomic E-state index is 12.5. The van der Waals surface area contributed by atoms with Crippen LogP contribution in [0.2, 0.25) is 0 Å². The first kappa shape index (κ1) is 18.9. The summed E-state index contributed by atoms with van der Waals surface area (Å²) in [5, 5.41) is 11.9. The van der Waals surface area contributed by atoms with Crippen LogP contribution in [-0.2, 0) is 11.3 Å². The summed E-state index contributed by atoms with van der Waals surface area (Å²) < 4.78 is 7.12. The van der Waals surface area contributed by atoms with Gasteiger partial charge in [-0.1, -0.05) is 11.8 Å². The Bertz CT molecular complexity index is 896. The fourth-order valence-corrected chi connectivity index (χ4v) is 3.42. The Hall–Kier alpha value is -2.87. The minimum Gasteiger partial charge on any atom is -0.497 e. The van der Waals surface area contributed by atoms with E-state index in [4.69, 9.17) is 4.74 Å². The second-order valence-corrected chi connectivity index (χ2v) is 7.07. The molecule has 0 unspecified atom stereocenters. The van der Waals surface area contributed by atoms with Crippen LogP contribution in [-0.4, -0.2) is 38.0 Å². The summed E-state index contributed by atoms with van der Waals surface area (Å²) >= 11 is 1.38. The molecular weight excluding hydrogens is 362 g/mol. The standard InChI is InChI=1S/C19H21N5O2S/c1-4-24-17(14-9-11-20-12-10-14)22-23-19(24)27-13(2)18(25)21-15-5-7-16(26-3)8-6-15/h5-13H,4H2,1-3H3,(H,21,25)/t13-/m1/s1. The zero-order valence-electron chi connectivity index (χ0n) is 15.4. The predicted octanol–water partition coefficient (Wildman–Crippen LogP) is 3.49. The number of methoxy groups -OCH3 is 1. The summed E-state index contributed by atoms with van der Waals surface area (Å²) in [6.07, 6.45) is 3.45. The highest BCUT2D eigenvalue weighted by Crippen LogP contribution is 2.27. The number of carbonyl (C=O) groups is 1. The van der Waals surface area contributed by atoms with Crippen molar-refractivity contribution in [2.45, 2.75) is 30.8 Å². The van der Waals surface area contributed by atoms with Gasteiger partial charge in [0.15, 0.2) is 11.0 Å². The maximum atomic E-state index is 12.5. The van der Waals surface area contributed by atoms with Gasteiger partial charge in [0.05, 0.1) is 12.4 Å². The minimum absolute atomic E-state index is 0.0960. The van der Waals surface area contributed by atoms with Crippen molar-refractivity contribution in [1.29, 1.82) is 0 Å². The number of ether oxygens (including phenoxy) is 1. The number of amides is 1. The van der Waals surface area contributed by atoms with Crippen molar-refractivity contribution in [3.05, 3.63) is 48.8 Å². The summed E-state index contributed by atoms with van der Waals surface area (Å²) in [4.78, 5) is 16.6. The van der Waals surface area contributed by atoms with Gasteiger partial charge in [-0.3, -0.25) is 9.78 Å². The molecule has 0 bridgehead atoms. The number of thioether (sulfide) groups is 1. The zero-order valence-corrected chi connectivity index (χ0v) is 16.2. The van der Waals surface area contributed by atoms with Crippen LogP contribution in [0.4, 0.5) is 5.69 Å². The SMILES string of the molecule is CCn1c(S[C@H](C)C(=O)Nc2ccc(OC)cc2)nnc1-c1ccncc1. The van der Waals surface area contributed by atoms with Gasteiger partial charge in [-0.15, -0.1) is 10.2 Å². The molecule has 7 nitrogen and oxygen atoms in total. The second-order valence-electron chi connectivity index (χ2n) is 5.76. The molecule has 0 saturated carbocycles. The Labute approximate surface area is 162 Å². The van der Waals surface area contributed by atoms with Gasteiger partial charge in [0.1, 0.15) is 5.75 Å². The van der Waals surface area contributed by atoms with Crippen molar-refractivity contribution < 1.29 is 9.53 Å². The Morgan fingerprint density at radius 3 is 2.52 bits per heavy atom. The molecule has 8 heteroatoms. The number of hydrogen-bond acceptors (Lipinski definition) is 6. The summed E-state index contributed by atoms with van der Waals surface area (Å²) in [6.45, 7) is 4.59. The van der Waals surface area contributed by atoms with E-state index in [1.807, 2.05) is 54.8 Å². The Morgan fingerprint density at radius 1 is 1.19 bits per heavy atom. The molecule has 3 aromatic rings. The van der Waals surface area contributed by atoms with E-state index >= 15 is 0 Å². The fraction of sp³-hybridized carbons (Fsp3) is 0.263. The molecule has 2 heterocycles. The lowest BCUT2D eigenvalue weighted by Gasteiger charge is -2.13. The maximum Gasteiger partial charge on any atom is 0.237 e. The molecular formula is C19H21N5O2S. The molecule has 140 valence electrons. The van der Waals surface area contributed by atoms with Crippen molar-refractivity contribution in [3.8, 4) is 17.1 Å². The van der Waals surface area contributed by atoms with Crippen LogP contribution in [0.15, 0.2) is 53.9 Å². The van der Waals surface area contributed by atoms with Gasteiger partial charge in [0.2, 0.25) is 5.91 Å². The summed E-state index contributed by atoms with van der Waals surface area (Å²) in [5.41, 5.74) is 1.67. The second kappa shape index (κ2) is 8.68. The van der Waals surface area contributed by atoms with Crippen molar-refractivity contribution in [2.75, 3.05) is 12.4 Å². The number of aromatic nitrogens is 4. The monoisotopic (exact) mass is 383 g/mol. The highest BCUT2D eigenvalue weighted by Gasteiger charge is 2.20. The number of pyridine rings is 1. The van der Waals surface area contributed by atoms with E-state index in [0.717, 1.165) is 22.8 Å². The molecule has 1 N–H and O–H groups in total. The molecule has 0 aliphatic rings. The first-order valence-corrected chi connectivity index (χ1v) is 9.45. The topological polar surface area (TPSA) is 81.9 Å². The molecule has 0 spiro atoms. The van der Waals surface area contributed by atoms with Crippen molar-refractivity contribution in [2.24, 2.45) is 0 Å². The van der Waals surface area contributed by atoms with Crippen LogP contribution in [0, 0.1) is 0 Å². The quantitative estimate of drug-likeness (QED) is 0.629. The number of carbonyl (C=O) groups excluding carboxylic acids is 1. The van der Waals surface area contributed by atoms with Gasteiger partial charge in [-0.2, -0.15) is 0 Å². The first-order valence-electron chi connectivity index (χ1n) is 8.57. The number of rotatable bonds is 7. The highest BCUT2D eigenvalue weighted by atomic mass is 32.2. The predicted molar refractivity (Wildman–Crippen MR) is 106 cm³/mol. The molecule has 27 heavy (non-hydrogen) atoms. The van der Waals surface area contributed by atoms with E-state index in [2.05, 4.69) is 20.5 Å². The lowest BCUT2D eigenvalue weighted by Crippen LogP contribution is -2.22. The van der Waals surface area contributed by atoms with Crippen molar-refractivity contribution in [1.82, 2.24) is 19.7 Å². The van der Waals surface area contributed by atoms with E-state index in [0.29, 0.717) is 11.7 Å². The minimum atomic E-state index is -0.327. The van der Waals surface area contributed by atoms with E-state index in [9.17, 15) is 4.79 Å². The van der Waals surface area contributed by atoms with Gasteiger partial charge in [0.25, 0.3) is 0 Å². The molecule has 0 radical (unpaired) electrons. The van der Waals surface area contributed by atoms with Crippen LogP contribution in [0.1, 0.15) is 13.8 Å². The zero-order chi connectivity index (χ0) is 19.2. The number of nitrogens with zero attached hydrogens (tertiary/aromatic N) is 4. The van der Waals surface area contributed by atoms with E-state index in [1.165, 1.54) is 11.8 Å². The molecule has 1 aromatic carbocycles. The average Bonchev–Trinajstić information content (AvgIpc) is 3.11. The molecule has 0 fully saturated rings. The van der Waals surface area contributed by atoms with Crippen LogP contribution in [0.5, 0.6) is 5.75 Å². The number of benzene rings is 1. The third kappa shape index (κ3) is 4.46. The third-order valence-electron chi connectivity index (χ3n) is 3.98. The van der Waals surface area contributed by atoms with Crippen LogP contribution >= 0.6 is 11.8 Å².